The Balaban J connectivity index is 1.21. The molecule has 0 N–H and O–H groups in total. The number of fused-ring (bicyclic) bond motifs is 1. The summed E-state index contributed by atoms with van der Waals surface area (Å²) < 4.78 is 58.0. The van der Waals surface area contributed by atoms with Crippen molar-refractivity contribution < 1.29 is 31.9 Å². The van der Waals surface area contributed by atoms with Crippen molar-refractivity contribution in [2.24, 2.45) is 5.41 Å². The van der Waals surface area contributed by atoms with Gasteiger partial charge in [0, 0.05) is 42.9 Å². The van der Waals surface area contributed by atoms with Crippen molar-refractivity contribution in [3.05, 3.63) is 17.3 Å². The number of aromatic nitrogens is 2. The van der Waals surface area contributed by atoms with E-state index in [-0.39, 0.29) is 29.2 Å². The summed E-state index contributed by atoms with van der Waals surface area (Å²) in [5, 5.41) is 0.594. The van der Waals surface area contributed by atoms with Gasteiger partial charge in [0.25, 0.3) is 0 Å². The van der Waals surface area contributed by atoms with Crippen molar-refractivity contribution >= 4 is 39.4 Å². The Hall–Kier alpha value is -2.70. The second-order valence-corrected chi connectivity index (χ2v) is 12.1. The fraction of sp³-hybridized carbons (Fsp3) is 0.652. The summed E-state index contributed by atoms with van der Waals surface area (Å²) >= 11 is 1.01. The van der Waals surface area contributed by atoms with Crippen LogP contribution >= 0.6 is 11.3 Å². The third kappa shape index (κ3) is 4.81. The fourth-order valence-electron chi connectivity index (χ4n) is 5.21. The number of carbonyl (C=O) groups is 2. The lowest BCUT2D eigenvalue weighted by molar-refractivity contribution is -0.150. The molecule has 3 aliphatic heterocycles. The molecule has 5 heterocycles. The number of ether oxygens (including phenoxy) is 1. The van der Waals surface area contributed by atoms with Crippen molar-refractivity contribution in [1.29, 1.82) is 0 Å². The summed E-state index contributed by atoms with van der Waals surface area (Å²) in [5.74, 6) is 0.302. The van der Waals surface area contributed by atoms with Crippen molar-refractivity contribution in [3.63, 3.8) is 0 Å². The molecule has 2 amide bonds. The number of halogens is 4. The maximum Gasteiger partial charge on any atom is 0.411 e. The van der Waals surface area contributed by atoms with Gasteiger partial charge in [-0.15, -0.1) is 11.3 Å². The van der Waals surface area contributed by atoms with Gasteiger partial charge in [0.1, 0.15) is 34.8 Å². The molecule has 2 atom stereocenters. The third-order valence-electron chi connectivity index (χ3n) is 6.61. The van der Waals surface area contributed by atoms with Gasteiger partial charge in [0.15, 0.2) is 0 Å². The first-order valence-electron chi connectivity index (χ1n) is 11.7. The van der Waals surface area contributed by atoms with E-state index >= 15 is 0 Å². The molecule has 13 heteroatoms. The summed E-state index contributed by atoms with van der Waals surface area (Å²) in [5.41, 5.74) is -0.903. The second-order valence-electron chi connectivity index (χ2n) is 11.0. The molecular weight excluding hydrogens is 502 g/mol. The van der Waals surface area contributed by atoms with E-state index in [2.05, 4.69) is 9.97 Å². The summed E-state index contributed by atoms with van der Waals surface area (Å²) in [6, 6.07) is 0.617. The lowest BCUT2D eigenvalue weighted by Crippen LogP contribution is -2.74. The van der Waals surface area contributed by atoms with Crippen LogP contribution in [0.5, 0.6) is 0 Å². The van der Waals surface area contributed by atoms with E-state index in [4.69, 9.17) is 4.74 Å². The van der Waals surface area contributed by atoms with Crippen LogP contribution in [0.2, 0.25) is 0 Å². The predicted octanol–water partition coefficient (Wildman–Crippen LogP) is 3.79. The van der Waals surface area contributed by atoms with E-state index in [1.54, 1.807) is 25.7 Å². The van der Waals surface area contributed by atoms with Gasteiger partial charge in [-0.2, -0.15) is 13.2 Å². The normalized spacial score (nSPS) is 23.7. The van der Waals surface area contributed by atoms with Gasteiger partial charge in [-0.3, -0.25) is 9.69 Å². The largest absolute Gasteiger partial charge is 0.444 e. The van der Waals surface area contributed by atoms with Gasteiger partial charge in [-0.05, 0) is 26.8 Å². The van der Waals surface area contributed by atoms with Crippen molar-refractivity contribution in [3.8, 4) is 0 Å². The molecule has 0 bridgehead atoms. The number of hydrogen-bond acceptors (Lipinski definition) is 7. The molecule has 5 rings (SSSR count). The number of alkyl halides is 4. The lowest BCUT2D eigenvalue weighted by Gasteiger charge is -2.61. The molecule has 2 aromatic rings. The fourth-order valence-corrected chi connectivity index (χ4v) is 6.24. The highest BCUT2D eigenvalue weighted by atomic mass is 32.1. The first-order chi connectivity index (χ1) is 16.7. The molecule has 1 spiro atoms. The highest BCUT2D eigenvalue weighted by Gasteiger charge is 2.56. The SMILES string of the molecule is CC(C)(C)OC(=O)N1C[C@H](F)C[C@H]1C(=O)N1CC2(C1)CN(c1ncnc3sc(CC(F)(F)F)cc13)C2. The monoisotopic (exact) mass is 529 g/mol. The Labute approximate surface area is 209 Å². The molecule has 3 fully saturated rings. The quantitative estimate of drug-likeness (QED) is 0.563. The topological polar surface area (TPSA) is 78.9 Å². The first kappa shape index (κ1) is 25.0. The molecule has 0 radical (unpaired) electrons. The van der Waals surface area contributed by atoms with Crippen LogP contribution in [0, 0.1) is 5.41 Å². The van der Waals surface area contributed by atoms with Crippen molar-refractivity contribution in [2.75, 3.05) is 37.6 Å². The molecule has 36 heavy (non-hydrogen) atoms. The van der Waals surface area contributed by atoms with E-state index in [0.29, 0.717) is 42.2 Å². The predicted molar refractivity (Wildman–Crippen MR) is 125 cm³/mol. The summed E-state index contributed by atoms with van der Waals surface area (Å²) in [6.45, 7) is 7.10. The maximum atomic E-state index is 14.2. The van der Waals surface area contributed by atoms with Gasteiger partial charge in [0.2, 0.25) is 5.91 Å². The third-order valence-corrected chi connectivity index (χ3v) is 7.66. The Kier molecular flexibility index (Phi) is 5.84. The van der Waals surface area contributed by atoms with Gasteiger partial charge < -0.3 is 14.5 Å². The van der Waals surface area contributed by atoms with Crippen LogP contribution in [0.1, 0.15) is 32.1 Å². The number of nitrogens with zero attached hydrogens (tertiary/aromatic N) is 5. The summed E-state index contributed by atoms with van der Waals surface area (Å²) in [7, 11) is 0. The van der Waals surface area contributed by atoms with Crippen LogP contribution in [0.4, 0.5) is 28.2 Å². The zero-order chi connectivity index (χ0) is 26.0. The minimum atomic E-state index is -4.29. The Morgan fingerprint density at radius 1 is 1.17 bits per heavy atom. The number of amides is 2. The maximum absolute atomic E-state index is 14.2. The average molecular weight is 530 g/mol. The first-order valence-corrected chi connectivity index (χ1v) is 12.5. The van der Waals surface area contributed by atoms with E-state index in [1.165, 1.54) is 17.3 Å². The number of hydrogen-bond donors (Lipinski definition) is 0. The van der Waals surface area contributed by atoms with E-state index in [1.807, 2.05) is 4.90 Å². The van der Waals surface area contributed by atoms with Crippen molar-refractivity contribution in [2.45, 2.75) is 57.6 Å². The Morgan fingerprint density at radius 2 is 1.86 bits per heavy atom. The molecule has 0 aromatic carbocycles. The highest BCUT2D eigenvalue weighted by molar-refractivity contribution is 7.18. The standard InChI is InChI=1S/C23H27F4N5O3S/c1-21(2,3)35-20(34)32-7-13(24)4-16(32)19(33)31-10-22(11-31)8-30(9-22)17-15-5-14(6-23(25,26)27)36-18(15)29-12-28-17/h5,12-13,16H,4,6-11H2,1-3H3/t13-,16+/m1/s1. The van der Waals surface area contributed by atoms with Crippen LogP contribution in [0.15, 0.2) is 12.4 Å². The molecule has 0 aliphatic carbocycles. The van der Waals surface area contributed by atoms with Crippen LogP contribution in [0.3, 0.4) is 0 Å². The number of carbonyl (C=O) groups excluding carboxylic acids is 2. The molecule has 2 aromatic heterocycles. The molecular formula is C23H27F4N5O3S. The van der Waals surface area contributed by atoms with E-state index in [9.17, 15) is 27.2 Å². The molecule has 0 unspecified atom stereocenters. The number of anilines is 1. The van der Waals surface area contributed by atoms with Crippen LogP contribution < -0.4 is 4.90 Å². The van der Waals surface area contributed by atoms with Gasteiger partial charge in [-0.1, -0.05) is 0 Å². The summed E-state index contributed by atoms with van der Waals surface area (Å²) in [6.07, 6.45) is -5.97. The molecule has 8 nitrogen and oxygen atoms in total. The number of rotatable bonds is 3. The Morgan fingerprint density at radius 3 is 2.50 bits per heavy atom. The molecule has 3 aliphatic rings. The summed E-state index contributed by atoms with van der Waals surface area (Å²) in [4.78, 5) is 39.6. The van der Waals surface area contributed by atoms with Crippen LogP contribution in [0.25, 0.3) is 10.2 Å². The highest BCUT2D eigenvalue weighted by Crippen LogP contribution is 2.44. The molecule has 0 saturated carbocycles. The van der Waals surface area contributed by atoms with E-state index in [0.717, 1.165) is 11.3 Å². The van der Waals surface area contributed by atoms with Crippen molar-refractivity contribution in [1.82, 2.24) is 19.8 Å². The van der Waals surface area contributed by atoms with Gasteiger partial charge in [-0.25, -0.2) is 19.2 Å². The van der Waals surface area contributed by atoms with Crippen LogP contribution in [-0.4, -0.2) is 88.5 Å². The molecule has 3 saturated heterocycles. The molecule has 196 valence electrons. The number of thiophene rings is 1. The number of likely N-dealkylation sites (tertiary alicyclic amines) is 2. The smallest absolute Gasteiger partial charge is 0.411 e. The second kappa shape index (κ2) is 8.42. The van der Waals surface area contributed by atoms with E-state index < -0.39 is 36.5 Å². The average Bonchev–Trinajstić information content (AvgIpc) is 3.26. The van der Waals surface area contributed by atoms with Crippen LogP contribution in [-0.2, 0) is 16.0 Å². The minimum Gasteiger partial charge on any atom is -0.444 e. The zero-order valence-corrected chi connectivity index (χ0v) is 21.0. The zero-order valence-electron chi connectivity index (χ0n) is 20.1. The van der Waals surface area contributed by atoms with Gasteiger partial charge >= 0.3 is 12.3 Å². The van der Waals surface area contributed by atoms with Gasteiger partial charge in [0.05, 0.1) is 18.4 Å². The minimum absolute atomic E-state index is 0.0506. The lowest BCUT2D eigenvalue weighted by atomic mass is 9.72. The Bertz CT molecular complexity index is 1180.